The molecule has 2 fully saturated rings. The van der Waals surface area contributed by atoms with E-state index in [1.165, 1.54) is 25.7 Å². The molecule has 3 heterocycles. The molecule has 9 nitrogen and oxygen atoms in total. The number of nitrogens with zero attached hydrogens (tertiary/aromatic N) is 4. The van der Waals surface area contributed by atoms with Gasteiger partial charge in [0.1, 0.15) is 11.9 Å². The number of fused-ring (bicyclic) bond motifs is 1. The lowest BCUT2D eigenvalue weighted by molar-refractivity contribution is -0.129. The van der Waals surface area contributed by atoms with Crippen LogP contribution in [0.25, 0.3) is 0 Å². The van der Waals surface area contributed by atoms with Crippen molar-refractivity contribution in [1.82, 2.24) is 15.2 Å². The molecule has 2 N–H and O–H groups in total. The smallest absolute Gasteiger partial charge is 0.251 e. The van der Waals surface area contributed by atoms with E-state index < -0.39 is 0 Å². The zero-order valence-corrected chi connectivity index (χ0v) is 23.3. The summed E-state index contributed by atoms with van der Waals surface area (Å²) in [5.41, 5.74) is 2.28. The van der Waals surface area contributed by atoms with Crippen LogP contribution in [0, 0.1) is 0 Å². The van der Waals surface area contributed by atoms with Gasteiger partial charge < -0.3 is 25.3 Å². The van der Waals surface area contributed by atoms with E-state index in [1.807, 2.05) is 55.3 Å². The number of piperidine rings is 1. The van der Waals surface area contributed by atoms with Crippen LogP contribution >= 0.6 is 0 Å². The van der Waals surface area contributed by atoms with Gasteiger partial charge in [0.2, 0.25) is 11.8 Å². The minimum Gasteiger partial charge on any atom is -0.349 e. The van der Waals surface area contributed by atoms with E-state index in [2.05, 4.69) is 15.5 Å². The monoisotopic (exact) mass is 532 g/mol. The van der Waals surface area contributed by atoms with Crippen LogP contribution in [0.2, 0.25) is 0 Å². The van der Waals surface area contributed by atoms with Crippen LogP contribution in [0.1, 0.15) is 75.6 Å². The Labute approximate surface area is 230 Å². The van der Waals surface area contributed by atoms with Gasteiger partial charge in [-0.1, -0.05) is 25.7 Å². The molecule has 1 saturated heterocycles. The molecule has 3 amide bonds. The van der Waals surface area contributed by atoms with Crippen molar-refractivity contribution >= 4 is 40.7 Å². The number of hydrogen-bond acceptors (Lipinski definition) is 6. The number of benzene rings is 1. The van der Waals surface area contributed by atoms with Gasteiger partial charge >= 0.3 is 0 Å². The summed E-state index contributed by atoms with van der Waals surface area (Å²) in [5, 5.41) is 6.49. The topological polar surface area (TPSA) is 97.9 Å². The Morgan fingerprint density at radius 1 is 0.923 bits per heavy atom. The van der Waals surface area contributed by atoms with Crippen LogP contribution in [0.15, 0.2) is 36.4 Å². The fourth-order valence-corrected chi connectivity index (χ4v) is 6.15. The van der Waals surface area contributed by atoms with E-state index in [4.69, 9.17) is 4.98 Å². The van der Waals surface area contributed by atoms with Gasteiger partial charge in [-0.15, -0.1) is 0 Å². The molecule has 1 aliphatic carbocycles. The number of nitrogens with one attached hydrogen (secondary N) is 2. The van der Waals surface area contributed by atoms with Gasteiger partial charge in [0.25, 0.3) is 5.91 Å². The maximum atomic E-state index is 13.0. The molecule has 1 atom stereocenters. The number of rotatable bonds is 5. The first-order chi connectivity index (χ1) is 18.8. The van der Waals surface area contributed by atoms with E-state index in [9.17, 15) is 14.4 Å². The summed E-state index contributed by atoms with van der Waals surface area (Å²) in [5.74, 6) is 1.65. The van der Waals surface area contributed by atoms with Crippen molar-refractivity contribution in [3.8, 4) is 0 Å². The Morgan fingerprint density at radius 2 is 1.59 bits per heavy atom. The zero-order chi connectivity index (χ0) is 27.5. The van der Waals surface area contributed by atoms with E-state index in [1.54, 1.807) is 11.8 Å². The Kier molecular flexibility index (Phi) is 8.04. The van der Waals surface area contributed by atoms with Gasteiger partial charge in [-0.25, -0.2) is 4.98 Å². The second kappa shape index (κ2) is 11.6. The molecule has 39 heavy (non-hydrogen) atoms. The largest absolute Gasteiger partial charge is 0.349 e. The van der Waals surface area contributed by atoms with Crippen molar-refractivity contribution in [3.63, 3.8) is 0 Å². The maximum absolute atomic E-state index is 13.0. The first-order valence-corrected chi connectivity index (χ1v) is 14.3. The summed E-state index contributed by atoms with van der Waals surface area (Å²) < 4.78 is 0. The molecular weight excluding hydrogens is 492 g/mol. The predicted molar refractivity (Wildman–Crippen MR) is 154 cm³/mol. The van der Waals surface area contributed by atoms with E-state index in [0.717, 1.165) is 42.9 Å². The number of hydrogen-bond donors (Lipinski definition) is 2. The van der Waals surface area contributed by atoms with Gasteiger partial charge in [0.05, 0.1) is 5.69 Å². The van der Waals surface area contributed by atoms with E-state index in [-0.39, 0.29) is 29.8 Å². The fourth-order valence-electron chi connectivity index (χ4n) is 6.15. The second-order valence-corrected chi connectivity index (χ2v) is 11.1. The third-order valence-corrected chi connectivity index (χ3v) is 8.48. The van der Waals surface area contributed by atoms with Crippen LogP contribution in [-0.4, -0.2) is 65.9 Å². The average Bonchev–Trinajstić information content (AvgIpc) is 3.22. The molecule has 0 unspecified atom stereocenters. The molecule has 1 aromatic heterocycles. The van der Waals surface area contributed by atoms with Gasteiger partial charge in [-0.05, 0) is 69.0 Å². The van der Waals surface area contributed by atoms with Crippen LogP contribution in [0.5, 0.6) is 0 Å². The molecule has 2 aromatic rings. The maximum Gasteiger partial charge on any atom is 0.251 e. The van der Waals surface area contributed by atoms with Gasteiger partial charge in [-0.3, -0.25) is 14.4 Å². The van der Waals surface area contributed by atoms with Gasteiger partial charge in [-0.2, -0.15) is 0 Å². The average molecular weight is 533 g/mol. The summed E-state index contributed by atoms with van der Waals surface area (Å²) in [6, 6.07) is 11.4. The van der Waals surface area contributed by atoms with E-state index in [0.29, 0.717) is 30.5 Å². The molecular formula is C30H40N6O3. The van der Waals surface area contributed by atoms with Crippen molar-refractivity contribution in [2.45, 2.75) is 83.3 Å². The number of likely N-dealkylation sites (N-methyl/N-ethyl adjacent to an activating group) is 1. The number of aromatic nitrogens is 1. The van der Waals surface area contributed by atoms with Crippen molar-refractivity contribution < 1.29 is 14.4 Å². The minimum atomic E-state index is -0.249. The third-order valence-electron chi connectivity index (χ3n) is 8.48. The summed E-state index contributed by atoms with van der Waals surface area (Å²) in [4.78, 5) is 48.2. The van der Waals surface area contributed by atoms with Crippen LogP contribution in [-0.2, 0) is 9.59 Å². The molecule has 0 bridgehead atoms. The highest BCUT2D eigenvalue weighted by Crippen LogP contribution is 2.39. The van der Waals surface area contributed by atoms with Crippen molar-refractivity contribution in [1.29, 1.82) is 0 Å². The molecule has 0 spiro atoms. The molecule has 2 aliphatic heterocycles. The van der Waals surface area contributed by atoms with Gasteiger partial charge in [0.15, 0.2) is 5.82 Å². The first kappa shape index (κ1) is 27.0. The minimum absolute atomic E-state index is 0.0782. The number of anilines is 4. The standard InChI is InChI=1S/C30H40N6O3/c1-20-30(39)34(3)26-14-15-27(33-28(26)36(20)25-8-6-4-5-7-9-25)31-23-12-10-22(11-13-23)29(38)32-24-16-18-35(19-17-24)21(2)37/h10-15,20,24-25H,4-9,16-19H2,1-3H3,(H,31,33)(H,32,38)/t20-/m1/s1. The summed E-state index contributed by atoms with van der Waals surface area (Å²) in [7, 11) is 1.83. The Morgan fingerprint density at radius 3 is 2.23 bits per heavy atom. The Hall–Kier alpha value is -3.62. The second-order valence-electron chi connectivity index (χ2n) is 11.1. The molecule has 9 heteroatoms. The number of carbonyl (C=O) groups is 3. The first-order valence-electron chi connectivity index (χ1n) is 14.3. The fraction of sp³-hybridized carbons (Fsp3) is 0.533. The Bertz CT molecular complexity index is 1200. The quantitative estimate of drug-likeness (QED) is 0.552. The Balaban J connectivity index is 1.27. The SMILES string of the molecule is CC(=O)N1CCC(NC(=O)c2ccc(Nc3ccc4c(n3)N(C3CCCCCC3)[C@H](C)C(=O)N4C)cc2)CC1. The normalized spacial score (nSPS) is 20.8. The molecule has 5 rings (SSSR count). The van der Waals surface area contributed by atoms with Crippen molar-refractivity contribution in [2.75, 3.05) is 35.3 Å². The predicted octanol–water partition coefficient (Wildman–Crippen LogP) is 4.46. The van der Waals surface area contributed by atoms with E-state index >= 15 is 0 Å². The van der Waals surface area contributed by atoms with Gasteiger partial charge in [0, 0.05) is 50.4 Å². The lowest BCUT2D eigenvalue weighted by Crippen LogP contribution is -2.55. The van der Waals surface area contributed by atoms with Crippen LogP contribution in [0.4, 0.5) is 23.0 Å². The molecule has 208 valence electrons. The third kappa shape index (κ3) is 5.87. The number of pyridine rings is 1. The highest BCUT2D eigenvalue weighted by molar-refractivity contribution is 6.04. The highest BCUT2D eigenvalue weighted by Gasteiger charge is 2.38. The summed E-state index contributed by atoms with van der Waals surface area (Å²) in [6.07, 6.45) is 8.58. The molecule has 3 aliphatic rings. The number of carbonyl (C=O) groups excluding carboxylic acids is 3. The molecule has 0 radical (unpaired) electrons. The molecule has 1 aromatic carbocycles. The lowest BCUT2D eigenvalue weighted by atomic mass is 10.0. The number of amides is 3. The summed E-state index contributed by atoms with van der Waals surface area (Å²) in [6.45, 7) is 4.93. The summed E-state index contributed by atoms with van der Waals surface area (Å²) >= 11 is 0. The van der Waals surface area contributed by atoms with Crippen molar-refractivity contribution in [2.24, 2.45) is 0 Å². The highest BCUT2D eigenvalue weighted by atomic mass is 16.2. The zero-order valence-electron chi connectivity index (χ0n) is 23.3. The number of likely N-dealkylation sites (tertiary alicyclic amines) is 1. The van der Waals surface area contributed by atoms with Crippen LogP contribution in [0.3, 0.4) is 0 Å². The van der Waals surface area contributed by atoms with Crippen LogP contribution < -0.4 is 20.4 Å². The van der Waals surface area contributed by atoms with Crippen molar-refractivity contribution in [3.05, 3.63) is 42.0 Å². The molecule has 1 saturated carbocycles. The lowest BCUT2D eigenvalue weighted by Gasteiger charge is -2.43.